The molecule has 0 spiro atoms. The molecule has 6 nitrogen and oxygen atoms in total. The first kappa shape index (κ1) is 20.8. The van der Waals surface area contributed by atoms with Gasteiger partial charge in [0, 0.05) is 11.1 Å². The van der Waals surface area contributed by atoms with Gasteiger partial charge in [-0.3, -0.25) is 9.36 Å². The van der Waals surface area contributed by atoms with Crippen LogP contribution in [0.5, 0.6) is 11.5 Å². The van der Waals surface area contributed by atoms with Gasteiger partial charge in [0.25, 0.3) is 5.56 Å². The van der Waals surface area contributed by atoms with Gasteiger partial charge in [-0.15, -0.1) is 0 Å². The average molecular weight is 437 g/mol. The van der Waals surface area contributed by atoms with Crippen LogP contribution in [-0.2, 0) is 6.54 Å². The third kappa shape index (κ3) is 3.82. The van der Waals surface area contributed by atoms with Crippen molar-refractivity contribution < 1.29 is 9.47 Å². The molecule has 0 amide bonds. The molecule has 3 aromatic carbocycles. The zero-order valence-corrected chi connectivity index (χ0v) is 18.1. The molecule has 0 unspecified atom stereocenters. The van der Waals surface area contributed by atoms with Crippen LogP contribution in [0.1, 0.15) is 11.1 Å². The number of hydrogen-bond acceptors (Lipinski definition) is 4. The van der Waals surface area contributed by atoms with Crippen molar-refractivity contribution in [3.63, 3.8) is 0 Å². The minimum atomic E-state index is -0.464. The van der Waals surface area contributed by atoms with Gasteiger partial charge < -0.3 is 9.47 Å². The van der Waals surface area contributed by atoms with Crippen LogP contribution >= 0.6 is 11.6 Å². The van der Waals surface area contributed by atoms with Crippen LogP contribution in [0.15, 0.2) is 70.3 Å². The first-order valence-corrected chi connectivity index (χ1v) is 10.0. The Hall–Kier alpha value is -3.51. The Kier molecular flexibility index (Phi) is 5.57. The summed E-state index contributed by atoms with van der Waals surface area (Å²) in [5.74, 6) is 0.845. The van der Waals surface area contributed by atoms with Crippen molar-refractivity contribution >= 4 is 22.5 Å². The fourth-order valence-corrected chi connectivity index (χ4v) is 3.87. The lowest BCUT2D eigenvalue weighted by Gasteiger charge is -2.17. The van der Waals surface area contributed by atoms with Gasteiger partial charge in [-0.2, -0.15) is 0 Å². The van der Waals surface area contributed by atoms with E-state index < -0.39 is 11.2 Å². The van der Waals surface area contributed by atoms with E-state index in [2.05, 4.69) is 0 Å². The van der Waals surface area contributed by atoms with Crippen molar-refractivity contribution in [2.45, 2.75) is 13.5 Å². The molecule has 0 N–H and O–H groups in total. The van der Waals surface area contributed by atoms with Crippen LogP contribution in [0.4, 0.5) is 0 Å². The van der Waals surface area contributed by atoms with Gasteiger partial charge in [0.05, 0.1) is 37.4 Å². The van der Waals surface area contributed by atoms with Crippen LogP contribution in [0, 0.1) is 6.92 Å². The van der Waals surface area contributed by atoms with Crippen molar-refractivity contribution in [2.24, 2.45) is 0 Å². The lowest BCUT2D eigenvalue weighted by molar-refractivity contribution is 0.355. The quantitative estimate of drug-likeness (QED) is 0.471. The molecule has 31 heavy (non-hydrogen) atoms. The van der Waals surface area contributed by atoms with Crippen LogP contribution in [0.2, 0.25) is 5.02 Å². The van der Waals surface area contributed by atoms with Gasteiger partial charge in [-0.05, 0) is 36.8 Å². The van der Waals surface area contributed by atoms with Crippen molar-refractivity contribution in [2.75, 3.05) is 14.2 Å². The Balaban J connectivity index is 2.09. The van der Waals surface area contributed by atoms with Crippen LogP contribution in [-0.4, -0.2) is 23.4 Å². The fraction of sp³-hybridized carbons (Fsp3) is 0.167. The summed E-state index contributed by atoms with van der Waals surface area (Å²) in [6.45, 7) is 2.28. The monoisotopic (exact) mass is 436 g/mol. The summed E-state index contributed by atoms with van der Waals surface area (Å²) in [4.78, 5) is 27.0. The summed E-state index contributed by atoms with van der Waals surface area (Å²) in [5, 5.41) is 0.770. The van der Waals surface area contributed by atoms with Crippen LogP contribution < -0.4 is 20.7 Å². The molecule has 0 aliphatic rings. The van der Waals surface area contributed by atoms with Gasteiger partial charge in [0.1, 0.15) is 0 Å². The maximum absolute atomic E-state index is 13.6. The highest BCUT2D eigenvalue weighted by molar-refractivity contribution is 6.30. The third-order valence-corrected chi connectivity index (χ3v) is 5.37. The summed E-state index contributed by atoms with van der Waals surface area (Å²) in [5.41, 5.74) is 1.97. The Morgan fingerprint density at radius 2 is 1.61 bits per heavy atom. The molecule has 0 radical (unpaired) electrons. The Morgan fingerprint density at radius 1 is 0.903 bits per heavy atom. The maximum Gasteiger partial charge on any atom is 0.336 e. The number of nitrogens with zero attached hydrogens (tertiary/aromatic N) is 2. The summed E-state index contributed by atoms with van der Waals surface area (Å²) in [6.07, 6.45) is 0. The van der Waals surface area contributed by atoms with Gasteiger partial charge in [-0.1, -0.05) is 47.5 Å². The molecule has 0 atom stereocenters. The molecule has 1 aromatic heterocycles. The smallest absolute Gasteiger partial charge is 0.336 e. The Labute approximate surface area is 183 Å². The van der Waals surface area contributed by atoms with E-state index in [1.54, 1.807) is 41.0 Å². The van der Waals surface area contributed by atoms with Gasteiger partial charge >= 0.3 is 5.69 Å². The second-order valence-corrected chi connectivity index (χ2v) is 7.64. The molecule has 0 aliphatic carbocycles. The number of rotatable bonds is 5. The number of methoxy groups -OCH3 is 2. The van der Waals surface area contributed by atoms with E-state index >= 15 is 0 Å². The highest BCUT2D eigenvalue weighted by Gasteiger charge is 2.18. The van der Waals surface area contributed by atoms with E-state index in [1.807, 2.05) is 31.2 Å². The number of hydrogen-bond donors (Lipinski definition) is 0. The standard InChI is InChI=1S/C24H21ClN2O4/c1-15-6-4-7-16(10-15)14-26-20-13-22(31-3)21(30-2)12-19(20)23(28)27(24(26)29)18-9-5-8-17(25)11-18/h4-13H,14H2,1-3H3. The molecule has 1 heterocycles. The van der Waals surface area contributed by atoms with E-state index in [0.29, 0.717) is 33.1 Å². The van der Waals surface area contributed by atoms with E-state index in [1.165, 1.54) is 14.2 Å². The highest BCUT2D eigenvalue weighted by atomic mass is 35.5. The van der Waals surface area contributed by atoms with E-state index in [4.69, 9.17) is 21.1 Å². The van der Waals surface area contributed by atoms with Crippen molar-refractivity contribution in [3.05, 3.63) is 97.7 Å². The zero-order chi connectivity index (χ0) is 22.1. The minimum absolute atomic E-state index is 0.285. The van der Waals surface area contributed by atoms with Gasteiger partial charge in [-0.25, -0.2) is 9.36 Å². The third-order valence-electron chi connectivity index (χ3n) is 5.14. The molecule has 0 saturated heterocycles. The lowest BCUT2D eigenvalue weighted by atomic mass is 10.1. The SMILES string of the molecule is COc1cc2c(=O)n(-c3cccc(Cl)c3)c(=O)n(Cc3cccc(C)c3)c2cc1OC. The van der Waals surface area contributed by atoms with E-state index in [-0.39, 0.29) is 6.54 Å². The first-order valence-electron chi connectivity index (χ1n) is 9.66. The molecular weight excluding hydrogens is 416 g/mol. The van der Waals surface area contributed by atoms with Crippen LogP contribution in [0.25, 0.3) is 16.6 Å². The van der Waals surface area contributed by atoms with Gasteiger partial charge in [0.15, 0.2) is 11.5 Å². The van der Waals surface area contributed by atoms with Crippen LogP contribution in [0.3, 0.4) is 0 Å². The predicted molar refractivity (Wildman–Crippen MR) is 122 cm³/mol. The van der Waals surface area contributed by atoms with Crippen molar-refractivity contribution in [1.29, 1.82) is 0 Å². The molecule has 4 rings (SSSR count). The molecule has 0 aliphatic heterocycles. The Bertz CT molecular complexity index is 1410. The van der Waals surface area contributed by atoms with E-state index in [0.717, 1.165) is 15.7 Å². The molecule has 0 saturated carbocycles. The minimum Gasteiger partial charge on any atom is -0.493 e. The normalized spacial score (nSPS) is 11.0. The summed E-state index contributed by atoms with van der Waals surface area (Å²) < 4.78 is 13.5. The van der Waals surface area contributed by atoms with Crippen molar-refractivity contribution in [1.82, 2.24) is 9.13 Å². The molecule has 4 aromatic rings. The summed E-state index contributed by atoms with van der Waals surface area (Å²) >= 11 is 6.13. The summed E-state index contributed by atoms with van der Waals surface area (Å²) in [6, 6.07) is 17.8. The van der Waals surface area contributed by atoms with E-state index in [9.17, 15) is 9.59 Å². The zero-order valence-electron chi connectivity index (χ0n) is 17.4. The molecule has 0 fully saturated rings. The number of benzene rings is 3. The second-order valence-electron chi connectivity index (χ2n) is 7.20. The van der Waals surface area contributed by atoms with Gasteiger partial charge in [0.2, 0.25) is 0 Å². The molecular formula is C24H21ClN2O4. The number of halogens is 1. The molecule has 7 heteroatoms. The number of fused-ring (bicyclic) bond motifs is 1. The maximum atomic E-state index is 13.6. The topological polar surface area (TPSA) is 62.5 Å². The fourth-order valence-electron chi connectivity index (χ4n) is 3.68. The Morgan fingerprint density at radius 3 is 2.29 bits per heavy atom. The second kappa shape index (κ2) is 8.32. The number of aromatic nitrogens is 2. The summed E-state index contributed by atoms with van der Waals surface area (Å²) in [7, 11) is 3.02. The highest BCUT2D eigenvalue weighted by Crippen LogP contribution is 2.31. The molecule has 158 valence electrons. The lowest BCUT2D eigenvalue weighted by Crippen LogP contribution is -2.39. The average Bonchev–Trinajstić information content (AvgIpc) is 2.76. The largest absolute Gasteiger partial charge is 0.493 e. The first-order chi connectivity index (χ1) is 14.9. The number of ether oxygens (including phenoxy) is 2. The van der Waals surface area contributed by atoms with Crippen molar-refractivity contribution in [3.8, 4) is 17.2 Å². The molecule has 0 bridgehead atoms. The predicted octanol–water partition coefficient (Wildman–Crippen LogP) is 4.18. The number of aryl methyl sites for hydroxylation is 1.